The van der Waals surface area contributed by atoms with Gasteiger partial charge in [0.2, 0.25) is 5.71 Å². The van der Waals surface area contributed by atoms with Crippen molar-refractivity contribution < 1.29 is 13.9 Å². The number of hydrogen-bond donors (Lipinski definition) is 1. The molecule has 0 bridgehead atoms. The number of nitrogens with one attached hydrogen (secondary N) is 1. The van der Waals surface area contributed by atoms with E-state index in [4.69, 9.17) is 9.15 Å². The molecule has 0 radical (unpaired) electrons. The van der Waals surface area contributed by atoms with Crippen LogP contribution < -0.4 is 5.32 Å². The van der Waals surface area contributed by atoms with E-state index < -0.39 is 5.97 Å². The number of nitrogens with zero attached hydrogens (tertiary/aromatic N) is 2. The summed E-state index contributed by atoms with van der Waals surface area (Å²) in [5.41, 5.74) is 2.71. The second kappa shape index (κ2) is 6.24. The molecule has 1 N–H and O–H groups in total. The standard InChI is InChI=1S/C19H15N3O3/c1-24-19(23)13-7-8-15-14(9-13)16-17(21-11-22-18(16)25-15)20-10-12-5-3-2-4-6-12/h2-9,11H,10H2,1H3,(H,20,21,22). The van der Waals surface area contributed by atoms with Crippen molar-refractivity contribution in [2.45, 2.75) is 6.54 Å². The highest BCUT2D eigenvalue weighted by atomic mass is 16.5. The van der Waals surface area contributed by atoms with E-state index in [1.165, 1.54) is 13.4 Å². The predicted octanol–water partition coefficient (Wildman–Crippen LogP) is 3.77. The Kier molecular flexibility index (Phi) is 3.78. The normalized spacial score (nSPS) is 10.9. The zero-order chi connectivity index (χ0) is 17.2. The van der Waals surface area contributed by atoms with Crippen LogP contribution in [-0.4, -0.2) is 23.0 Å². The van der Waals surface area contributed by atoms with Crippen molar-refractivity contribution in [2.24, 2.45) is 0 Å². The molecule has 0 aliphatic rings. The smallest absolute Gasteiger partial charge is 0.337 e. The molecule has 0 aliphatic heterocycles. The molecule has 6 heteroatoms. The molecule has 0 atom stereocenters. The third-order valence-corrected chi connectivity index (χ3v) is 3.99. The van der Waals surface area contributed by atoms with Crippen LogP contribution in [-0.2, 0) is 11.3 Å². The van der Waals surface area contributed by atoms with Crippen LogP contribution in [0.2, 0.25) is 0 Å². The molecule has 2 aromatic heterocycles. The zero-order valence-corrected chi connectivity index (χ0v) is 13.5. The summed E-state index contributed by atoms with van der Waals surface area (Å²) in [6.45, 7) is 0.621. The number of carbonyl (C=O) groups excluding carboxylic acids is 1. The number of rotatable bonds is 4. The molecular formula is C19H15N3O3. The van der Waals surface area contributed by atoms with E-state index in [0.29, 0.717) is 29.2 Å². The van der Waals surface area contributed by atoms with Crippen LogP contribution >= 0.6 is 0 Å². The molecule has 0 fully saturated rings. The molecular weight excluding hydrogens is 318 g/mol. The van der Waals surface area contributed by atoms with Gasteiger partial charge < -0.3 is 14.5 Å². The minimum Gasteiger partial charge on any atom is -0.465 e. The number of anilines is 1. The van der Waals surface area contributed by atoms with E-state index in [1.54, 1.807) is 18.2 Å². The van der Waals surface area contributed by atoms with E-state index in [-0.39, 0.29) is 0 Å². The van der Waals surface area contributed by atoms with Gasteiger partial charge in [0.25, 0.3) is 0 Å². The number of fused-ring (bicyclic) bond motifs is 3. The van der Waals surface area contributed by atoms with Gasteiger partial charge in [0.05, 0.1) is 18.1 Å². The number of aromatic nitrogens is 2. The Morgan fingerprint density at radius 1 is 1.16 bits per heavy atom. The lowest BCUT2D eigenvalue weighted by atomic mass is 10.1. The highest BCUT2D eigenvalue weighted by Crippen LogP contribution is 2.32. The predicted molar refractivity (Wildman–Crippen MR) is 94.4 cm³/mol. The maximum atomic E-state index is 11.8. The molecule has 0 unspecified atom stereocenters. The van der Waals surface area contributed by atoms with E-state index in [2.05, 4.69) is 15.3 Å². The van der Waals surface area contributed by atoms with Gasteiger partial charge in [0, 0.05) is 11.9 Å². The van der Waals surface area contributed by atoms with E-state index in [1.807, 2.05) is 30.3 Å². The quantitative estimate of drug-likeness (QED) is 0.573. The maximum absolute atomic E-state index is 11.8. The molecule has 0 saturated heterocycles. The van der Waals surface area contributed by atoms with Crippen LogP contribution in [0.3, 0.4) is 0 Å². The topological polar surface area (TPSA) is 77.2 Å². The van der Waals surface area contributed by atoms with Crippen molar-refractivity contribution in [1.29, 1.82) is 0 Å². The number of esters is 1. The average molecular weight is 333 g/mol. The summed E-state index contributed by atoms with van der Waals surface area (Å²) in [7, 11) is 1.36. The maximum Gasteiger partial charge on any atom is 0.337 e. The minimum atomic E-state index is -0.396. The highest BCUT2D eigenvalue weighted by Gasteiger charge is 2.16. The molecule has 0 amide bonds. The van der Waals surface area contributed by atoms with Crippen molar-refractivity contribution >= 4 is 33.9 Å². The Morgan fingerprint density at radius 3 is 2.80 bits per heavy atom. The Labute approximate surface area is 143 Å². The lowest BCUT2D eigenvalue weighted by Gasteiger charge is -2.06. The fraction of sp³-hybridized carbons (Fsp3) is 0.105. The van der Waals surface area contributed by atoms with Crippen molar-refractivity contribution in [2.75, 3.05) is 12.4 Å². The van der Waals surface area contributed by atoms with Crippen molar-refractivity contribution in [3.63, 3.8) is 0 Å². The minimum absolute atomic E-state index is 0.396. The molecule has 0 spiro atoms. The number of carbonyl (C=O) groups is 1. The summed E-state index contributed by atoms with van der Waals surface area (Å²) < 4.78 is 10.6. The fourth-order valence-electron chi connectivity index (χ4n) is 2.77. The van der Waals surface area contributed by atoms with Crippen LogP contribution in [0.5, 0.6) is 0 Å². The first-order valence-electron chi connectivity index (χ1n) is 7.79. The number of benzene rings is 2. The molecule has 6 nitrogen and oxygen atoms in total. The Hall–Kier alpha value is -3.41. The molecule has 2 heterocycles. The summed E-state index contributed by atoms with van der Waals surface area (Å²) in [5, 5.41) is 4.84. The zero-order valence-electron chi connectivity index (χ0n) is 13.5. The molecule has 4 aromatic rings. The Morgan fingerprint density at radius 2 is 2.00 bits per heavy atom. The first-order valence-corrected chi connectivity index (χ1v) is 7.79. The lowest BCUT2D eigenvalue weighted by molar-refractivity contribution is 0.0601. The van der Waals surface area contributed by atoms with E-state index in [9.17, 15) is 4.79 Å². The van der Waals surface area contributed by atoms with Crippen LogP contribution in [0.1, 0.15) is 15.9 Å². The van der Waals surface area contributed by atoms with Gasteiger partial charge in [-0.25, -0.2) is 14.8 Å². The second-order valence-electron chi connectivity index (χ2n) is 5.55. The average Bonchev–Trinajstić information content (AvgIpc) is 3.05. The van der Waals surface area contributed by atoms with Crippen molar-refractivity contribution in [3.8, 4) is 0 Å². The van der Waals surface area contributed by atoms with Gasteiger partial charge in [-0.15, -0.1) is 0 Å². The monoisotopic (exact) mass is 333 g/mol. The van der Waals surface area contributed by atoms with E-state index in [0.717, 1.165) is 16.3 Å². The number of hydrogen-bond acceptors (Lipinski definition) is 6. The molecule has 0 saturated carbocycles. The summed E-state index contributed by atoms with van der Waals surface area (Å²) in [5.74, 6) is 0.265. The highest BCUT2D eigenvalue weighted by molar-refractivity contribution is 6.10. The van der Waals surface area contributed by atoms with Gasteiger partial charge in [-0.05, 0) is 23.8 Å². The van der Waals surface area contributed by atoms with Gasteiger partial charge >= 0.3 is 5.97 Å². The lowest BCUT2D eigenvalue weighted by Crippen LogP contribution is -2.02. The summed E-state index contributed by atoms with van der Waals surface area (Å²) >= 11 is 0. The molecule has 124 valence electrons. The van der Waals surface area contributed by atoms with Crippen molar-refractivity contribution in [3.05, 3.63) is 66.0 Å². The van der Waals surface area contributed by atoms with E-state index >= 15 is 0 Å². The largest absolute Gasteiger partial charge is 0.465 e. The summed E-state index contributed by atoms with van der Waals surface area (Å²) in [6, 6.07) is 15.2. The third-order valence-electron chi connectivity index (χ3n) is 3.99. The third kappa shape index (κ3) is 2.78. The molecule has 0 aliphatic carbocycles. The van der Waals surface area contributed by atoms with Gasteiger partial charge in [-0.1, -0.05) is 30.3 Å². The second-order valence-corrected chi connectivity index (χ2v) is 5.55. The van der Waals surface area contributed by atoms with Gasteiger partial charge in [0.1, 0.15) is 17.7 Å². The summed E-state index contributed by atoms with van der Waals surface area (Å²) in [6.07, 6.45) is 1.46. The first-order chi connectivity index (χ1) is 12.3. The van der Waals surface area contributed by atoms with Gasteiger partial charge in [0.15, 0.2) is 0 Å². The molecule has 25 heavy (non-hydrogen) atoms. The fourth-order valence-corrected chi connectivity index (χ4v) is 2.77. The van der Waals surface area contributed by atoms with Crippen LogP contribution in [0.25, 0.3) is 22.1 Å². The molecule has 2 aromatic carbocycles. The van der Waals surface area contributed by atoms with Crippen LogP contribution in [0.15, 0.2) is 59.3 Å². The summed E-state index contributed by atoms with van der Waals surface area (Å²) in [4.78, 5) is 20.3. The van der Waals surface area contributed by atoms with Crippen molar-refractivity contribution in [1.82, 2.24) is 9.97 Å². The first kappa shape index (κ1) is 15.1. The van der Waals surface area contributed by atoms with Gasteiger partial charge in [-0.2, -0.15) is 0 Å². The van der Waals surface area contributed by atoms with Crippen LogP contribution in [0, 0.1) is 0 Å². The number of furan rings is 1. The van der Waals surface area contributed by atoms with Crippen LogP contribution in [0.4, 0.5) is 5.82 Å². The number of ether oxygens (including phenoxy) is 1. The Bertz CT molecular complexity index is 1060. The SMILES string of the molecule is COC(=O)c1ccc2oc3ncnc(NCc4ccccc4)c3c2c1. The molecule has 4 rings (SSSR count). The Balaban J connectivity index is 1.79. The van der Waals surface area contributed by atoms with Gasteiger partial charge in [-0.3, -0.25) is 0 Å². The number of methoxy groups -OCH3 is 1.